The first kappa shape index (κ1) is 18.0. The van der Waals surface area contributed by atoms with Crippen molar-refractivity contribution in [3.63, 3.8) is 0 Å². The van der Waals surface area contributed by atoms with Crippen molar-refractivity contribution in [2.45, 2.75) is 57.0 Å². The number of nitrogens with one attached hydrogen (secondary N) is 1. The van der Waals surface area contributed by atoms with Gasteiger partial charge in [0.05, 0.1) is 6.04 Å². The van der Waals surface area contributed by atoms with Crippen LogP contribution in [0.2, 0.25) is 0 Å². The van der Waals surface area contributed by atoms with Crippen molar-refractivity contribution < 1.29 is 4.79 Å². The highest BCUT2D eigenvalue weighted by atomic mass is 16.2. The van der Waals surface area contributed by atoms with Crippen LogP contribution in [0.3, 0.4) is 0 Å². The van der Waals surface area contributed by atoms with Crippen molar-refractivity contribution in [1.82, 2.24) is 10.2 Å². The standard InChI is InChI=1S/C22H33N3O/c23-21-17-9-6-10-18(21)14-19(13-17)22(26)24-20(15-25-11-4-5-12-25)16-7-2-1-3-8-16/h1-3,7-8,17-21H,4-6,9-15,23H2,(H,24,26). The molecule has 1 heterocycles. The Balaban J connectivity index is 1.43. The van der Waals surface area contributed by atoms with Gasteiger partial charge in [-0.1, -0.05) is 36.8 Å². The largest absolute Gasteiger partial charge is 0.348 e. The summed E-state index contributed by atoms with van der Waals surface area (Å²) in [5.41, 5.74) is 7.63. The molecule has 1 aromatic rings. The SMILES string of the molecule is NC1C2CCCC1CC(C(=O)NC(CN1CCCC1)c1ccccc1)C2. The van der Waals surface area contributed by atoms with Crippen LogP contribution in [0.5, 0.6) is 0 Å². The van der Waals surface area contributed by atoms with Crippen LogP contribution in [0, 0.1) is 17.8 Å². The van der Waals surface area contributed by atoms with Gasteiger partial charge in [0.15, 0.2) is 0 Å². The fourth-order valence-electron chi connectivity index (χ4n) is 5.44. The van der Waals surface area contributed by atoms with Gasteiger partial charge < -0.3 is 16.0 Å². The number of nitrogens with zero attached hydrogens (tertiary/aromatic N) is 1. The first-order valence-corrected chi connectivity index (χ1v) is 10.5. The molecule has 0 spiro atoms. The van der Waals surface area contributed by atoms with Crippen LogP contribution in [-0.2, 0) is 4.79 Å². The van der Waals surface area contributed by atoms with Gasteiger partial charge in [0.2, 0.25) is 5.91 Å². The molecule has 1 aliphatic heterocycles. The predicted octanol–water partition coefficient (Wildman–Crippen LogP) is 3.09. The van der Waals surface area contributed by atoms with Gasteiger partial charge in [-0.2, -0.15) is 0 Å². The minimum absolute atomic E-state index is 0.0947. The quantitative estimate of drug-likeness (QED) is 0.853. The number of carbonyl (C=O) groups is 1. The summed E-state index contributed by atoms with van der Waals surface area (Å²) in [5.74, 6) is 1.50. The molecule has 3 atom stereocenters. The number of carbonyl (C=O) groups excluding carboxylic acids is 1. The second kappa shape index (κ2) is 8.10. The lowest BCUT2D eigenvalue weighted by Gasteiger charge is -2.43. The van der Waals surface area contributed by atoms with E-state index in [0.29, 0.717) is 17.9 Å². The summed E-state index contributed by atoms with van der Waals surface area (Å²) in [7, 11) is 0. The molecule has 1 aromatic carbocycles. The van der Waals surface area contributed by atoms with E-state index in [4.69, 9.17) is 5.73 Å². The van der Waals surface area contributed by atoms with E-state index in [9.17, 15) is 4.79 Å². The van der Waals surface area contributed by atoms with Crippen molar-refractivity contribution in [1.29, 1.82) is 0 Å². The molecule has 2 bridgehead atoms. The molecule has 3 fully saturated rings. The van der Waals surface area contributed by atoms with Gasteiger partial charge in [-0.25, -0.2) is 0 Å². The molecule has 142 valence electrons. The van der Waals surface area contributed by atoms with E-state index in [2.05, 4.69) is 34.5 Å². The number of amides is 1. The highest BCUT2D eigenvalue weighted by Crippen LogP contribution is 2.42. The Morgan fingerprint density at radius 1 is 1.08 bits per heavy atom. The highest BCUT2D eigenvalue weighted by molar-refractivity contribution is 5.79. The molecule has 1 amide bonds. The summed E-state index contributed by atoms with van der Waals surface area (Å²) in [6.07, 6.45) is 8.22. The molecule has 4 rings (SSSR count). The number of likely N-dealkylation sites (tertiary alicyclic amines) is 1. The van der Waals surface area contributed by atoms with Crippen LogP contribution in [0.4, 0.5) is 0 Å². The van der Waals surface area contributed by atoms with Crippen molar-refractivity contribution in [3.05, 3.63) is 35.9 Å². The maximum Gasteiger partial charge on any atom is 0.223 e. The first-order valence-electron chi connectivity index (χ1n) is 10.5. The zero-order chi connectivity index (χ0) is 17.9. The van der Waals surface area contributed by atoms with Gasteiger partial charge in [0.25, 0.3) is 0 Å². The summed E-state index contributed by atoms with van der Waals surface area (Å²) in [5, 5.41) is 3.41. The average Bonchev–Trinajstić information content (AvgIpc) is 3.15. The van der Waals surface area contributed by atoms with E-state index in [0.717, 1.165) is 32.5 Å². The lowest BCUT2D eigenvalue weighted by molar-refractivity contribution is -0.128. The zero-order valence-electron chi connectivity index (χ0n) is 15.8. The Labute approximate surface area is 157 Å². The molecular weight excluding hydrogens is 322 g/mol. The normalized spacial score (nSPS) is 33.0. The number of benzene rings is 1. The van der Waals surface area contributed by atoms with Gasteiger partial charge in [-0.15, -0.1) is 0 Å². The highest BCUT2D eigenvalue weighted by Gasteiger charge is 2.40. The topological polar surface area (TPSA) is 58.4 Å². The molecule has 1 saturated heterocycles. The number of nitrogens with two attached hydrogens (primary N) is 1. The average molecular weight is 356 g/mol. The summed E-state index contributed by atoms with van der Waals surface area (Å²) in [6, 6.07) is 10.9. The fraction of sp³-hybridized carbons (Fsp3) is 0.682. The van der Waals surface area contributed by atoms with Crippen LogP contribution in [-0.4, -0.2) is 36.5 Å². The molecule has 3 unspecified atom stereocenters. The summed E-state index contributed by atoms with van der Waals surface area (Å²) < 4.78 is 0. The Kier molecular flexibility index (Phi) is 5.60. The molecule has 0 radical (unpaired) electrons. The number of fused-ring (bicyclic) bond motifs is 2. The van der Waals surface area contributed by atoms with Crippen LogP contribution in [0.15, 0.2) is 30.3 Å². The maximum absolute atomic E-state index is 13.1. The van der Waals surface area contributed by atoms with Crippen LogP contribution in [0.25, 0.3) is 0 Å². The van der Waals surface area contributed by atoms with Crippen LogP contribution in [0.1, 0.15) is 56.6 Å². The van der Waals surface area contributed by atoms with Crippen molar-refractivity contribution in [2.75, 3.05) is 19.6 Å². The van der Waals surface area contributed by atoms with E-state index < -0.39 is 0 Å². The second-order valence-electron chi connectivity index (χ2n) is 8.68. The summed E-state index contributed by atoms with van der Waals surface area (Å²) >= 11 is 0. The van der Waals surface area contributed by atoms with Crippen LogP contribution < -0.4 is 11.1 Å². The van der Waals surface area contributed by atoms with Crippen LogP contribution >= 0.6 is 0 Å². The Bertz CT molecular complexity index is 585. The predicted molar refractivity (Wildman–Crippen MR) is 105 cm³/mol. The van der Waals surface area contributed by atoms with Gasteiger partial charge in [-0.3, -0.25) is 4.79 Å². The molecule has 0 aromatic heterocycles. The van der Waals surface area contributed by atoms with Crippen molar-refractivity contribution in [2.24, 2.45) is 23.5 Å². The maximum atomic E-state index is 13.1. The minimum Gasteiger partial charge on any atom is -0.348 e. The van der Waals surface area contributed by atoms with E-state index >= 15 is 0 Å². The molecule has 2 saturated carbocycles. The van der Waals surface area contributed by atoms with Gasteiger partial charge in [-0.05, 0) is 69.0 Å². The second-order valence-corrected chi connectivity index (χ2v) is 8.68. The Hall–Kier alpha value is -1.39. The van der Waals surface area contributed by atoms with E-state index in [-0.39, 0.29) is 17.9 Å². The molecule has 26 heavy (non-hydrogen) atoms. The third-order valence-electron chi connectivity index (χ3n) is 6.94. The number of hydrogen-bond donors (Lipinski definition) is 2. The number of hydrogen-bond acceptors (Lipinski definition) is 3. The van der Waals surface area contributed by atoms with E-state index in [1.54, 1.807) is 0 Å². The first-order chi connectivity index (χ1) is 12.7. The zero-order valence-corrected chi connectivity index (χ0v) is 15.8. The third kappa shape index (κ3) is 3.96. The lowest BCUT2D eigenvalue weighted by Crippen LogP contribution is -2.50. The van der Waals surface area contributed by atoms with Gasteiger partial charge >= 0.3 is 0 Å². The molecule has 3 aliphatic rings. The molecule has 4 heteroatoms. The molecular formula is C22H33N3O. The summed E-state index contributed by atoms with van der Waals surface area (Å²) in [4.78, 5) is 15.6. The molecule has 2 aliphatic carbocycles. The van der Waals surface area contributed by atoms with E-state index in [1.165, 1.54) is 37.7 Å². The van der Waals surface area contributed by atoms with Crippen molar-refractivity contribution >= 4 is 5.91 Å². The van der Waals surface area contributed by atoms with E-state index in [1.807, 2.05) is 6.07 Å². The third-order valence-corrected chi connectivity index (χ3v) is 6.94. The summed E-state index contributed by atoms with van der Waals surface area (Å²) in [6.45, 7) is 3.23. The van der Waals surface area contributed by atoms with Crippen molar-refractivity contribution in [3.8, 4) is 0 Å². The number of rotatable bonds is 5. The minimum atomic E-state index is 0.0947. The Morgan fingerprint density at radius 2 is 1.73 bits per heavy atom. The van der Waals surface area contributed by atoms with Gasteiger partial charge in [0.1, 0.15) is 0 Å². The fourth-order valence-corrected chi connectivity index (χ4v) is 5.44. The Morgan fingerprint density at radius 3 is 2.38 bits per heavy atom. The molecule has 3 N–H and O–H groups in total. The monoisotopic (exact) mass is 355 g/mol. The smallest absolute Gasteiger partial charge is 0.223 e. The molecule has 4 nitrogen and oxygen atoms in total. The lowest BCUT2D eigenvalue weighted by atomic mass is 9.65. The van der Waals surface area contributed by atoms with Gasteiger partial charge in [0, 0.05) is 18.5 Å².